The Bertz CT molecular complexity index is 938. The molecule has 3 heterocycles. The average molecular weight is 356 g/mol. The first kappa shape index (κ1) is 16.1. The minimum absolute atomic E-state index is 0.000179. The van der Waals surface area contributed by atoms with E-state index in [1.165, 1.54) is 11.3 Å². The number of para-hydroxylation sites is 2. The van der Waals surface area contributed by atoms with Gasteiger partial charge in [0.05, 0.1) is 17.1 Å². The summed E-state index contributed by atoms with van der Waals surface area (Å²) in [5.74, 6) is 0.941. The quantitative estimate of drug-likeness (QED) is 0.781. The molecule has 7 heteroatoms. The second-order valence-corrected chi connectivity index (χ2v) is 7.25. The second kappa shape index (κ2) is 6.48. The molecule has 0 unspecified atom stereocenters. The number of aromatic nitrogens is 3. The molecule has 4 rings (SSSR count). The van der Waals surface area contributed by atoms with Crippen LogP contribution in [0, 0.1) is 6.92 Å². The highest BCUT2D eigenvalue weighted by Crippen LogP contribution is 2.31. The number of H-pyrrole nitrogens is 1. The van der Waals surface area contributed by atoms with Gasteiger partial charge in [-0.05, 0) is 31.9 Å². The Morgan fingerprint density at radius 3 is 3.00 bits per heavy atom. The molecule has 1 atom stereocenters. The summed E-state index contributed by atoms with van der Waals surface area (Å²) in [6, 6.07) is 7.91. The molecule has 3 aromatic rings. The smallest absolute Gasteiger partial charge is 0.307 e. The SMILES string of the molecule is Cc1csc(=O)n1CCC(=O)N1CCC[C@@H]1c1nc2ccccc2[nH]1. The first-order chi connectivity index (χ1) is 12.1. The van der Waals surface area contributed by atoms with Crippen LogP contribution in [-0.2, 0) is 11.3 Å². The molecular weight excluding hydrogens is 336 g/mol. The number of nitrogens with zero attached hydrogens (tertiary/aromatic N) is 3. The van der Waals surface area contributed by atoms with Crippen LogP contribution >= 0.6 is 11.3 Å². The van der Waals surface area contributed by atoms with E-state index in [0.717, 1.165) is 41.9 Å². The number of amides is 1. The number of nitrogens with one attached hydrogen (secondary N) is 1. The van der Waals surface area contributed by atoms with Crippen molar-refractivity contribution in [1.82, 2.24) is 19.4 Å². The number of carbonyl (C=O) groups is 1. The molecule has 2 aromatic heterocycles. The normalized spacial score (nSPS) is 17.5. The van der Waals surface area contributed by atoms with Gasteiger partial charge in [0.15, 0.2) is 0 Å². The third-order valence-electron chi connectivity index (χ3n) is 4.82. The molecule has 130 valence electrons. The highest BCUT2D eigenvalue weighted by Gasteiger charge is 2.31. The summed E-state index contributed by atoms with van der Waals surface area (Å²) in [6.45, 7) is 3.09. The first-order valence-corrected chi connectivity index (χ1v) is 9.40. The van der Waals surface area contributed by atoms with Crippen molar-refractivity contribution < 1.29 is 4.79 Å². The van der Waals surface area contributed by atoms with Crippen LogP contribution in [0.1, 0.15) is 36.8 Å². The van der Waals surface area contributed by atoms with E-state index < -0.39 is 0 Å². The number of hydrogen-bond donors (Lipinski definition) is 1. The number of benzene rings is 1. The molecule has 1 aromatic carbocycles. The van der Waals surface area contributed by atoms with Crippen molar-refractivity contribution >= 4 is 28.3 Å². The summed E-state index contributed by atoms with van der Waals surface area (Å²) in [5.41, 5.74) is 2.84. The summed E-state index contributed by atoms with van der Waals surface area (Å²) in [4.78, 5) is 34.5. The predicted molar refractivity (Wildman–Crippen MR) is 97.7 cm³/mol. The highest BCUT2D eigenvalue weighted by molar-refractivity contribution is 7.07. The van der Waals surface area contributed by atoms with Crippen molar-refractivity contribution in [3.63, 3.8) is 0 Å². The lowest BCUT2D eigenvalue weighted by Crippen LogP contribution is -2.32. The van der Waals surface area contributed by atoms with E-state index in [1.807, 2.05) is 41.5 Å². The van der Waals surface area contributed by atoms with Crippen LogP contribution in [0.25, 0.3) is 11.0 Å². The summed E-state index contributed by atoms with van der Waals surface area (Å²) < 4.78 is 1.68. The average Bonchev–Trinajstić information content (AvgIpc) is 3.31. The van der Waals surface area contributed by atoms with Gasteiger partial charge in [0.1, 0.15) is 5.82 Å². The fourth-order valence-corrected chi connectivity index (χ4v) is 4.27. The topological polar surface area (TPSA) is 71.0 Å². The molecular formula is C18H20N4O2S. The lowest BCUT2D eigenvalue weighted by molar-refractivity contribution is -0.132. The largest absolute Gasteiger partial charge is 0.340 e. The molecule has 25 heavy (non-hydrogen) atoms. The zero-order valence-corrected chi connectivity index (χ0v) is 14.9. The van der Waals surface area contributed by atoms with Crippen LogP contribution in [0.4, 0.5) is 0 Å². The summed E-state index contributed by atoms with van der Waals surface area (Å²) >= 11 is 1.18. The molecule has 1 fully saturated rings. The zero-order chi connectivity index (χ0) is 17.4. The highest BCUT2D eigenvalue weighted by atomic mass is 32.1. The minimum atomic E-state index is 0.000179. The molecule has 1 aliphatic heterocycles. The van der Waals surface area contributed by atoms with Gasteiger partial charge in [-0.3, -0.25) is 9.59 Å². The lowest BCUT2D eigenvalue weighted by Gasteiger charge is -2.23. The van der Waals surface area contributed by atoms with E-state index >= 15 is 0 Å². The molecule has 0 bridgehead atoms. The second-order valence-electron chi connectivity index (χ2n) is 6.43. The first-order valence-electron chi connectivity index (χ1n) is 8.52. The summed E-state index contributed by atoms with van der Waals surface area (Å²) in [6.07, 6.45) is 2.24. The van der Waals surface area contributed by atoms with Crippen LogP contribution in [0.2, 0.25) is 0 Å². The molecule has 0 aliphatic carbocycles. The Morgan fingerprint density at radius 1 is 1.40 bits per heavy atom. The minimum Gasteiger partial charge on any atom is -0.340 e. The van der Waals surface area contributed by atoms with Crippen molar-refractivity contribution in [2.24, 2.45) is 0 Å². The van der Waals surface area contributed by atoms with Crippen molar-refractivity contribution in [3.8, 4) is 0 Å². The number of hydrogen-bond acceptors (Lipinski definition) is 4. The van der Waals surface area contributed by atoms with Gasteiger partial charge in [0, 0.05) is 30.6 Å². The molecule has 1 amide bonds. The molecule has 1 N–H and O–H groups in total. The number of likely N-dealkylation sites (tertiary alicyclic amines) is 1. The van der Waals surface area contributed by atoms with E-state index in [2.05, 4.69) is 9.97 Å². The number of carbonyl (C=O) groups excluding carboxylic acids is 1. The van der Waals surface area contributed by atoms with Crippen molar-refractivity contribution in [2.45, 2.75) is 38.8 Å². The Hall–Kier alpha value is -2.41. The molecule has 0 spiro atoms. The van der Waals surface area contributed by atoms with E-state index in [0.29, 0.717) is 13.0 Å². The molecule has 1 saturated heterocycles. The number of thiazole rings is 1. The fraction of sp³-hybridized carbons (Fsp3) is 0.389. The van der Waals surface area contributed by atoms with Gasteiger partial charge in [0.25, 0.3) is 0 Å². The third-order valence-corrected chi connectivity index (χ3v) is 5.70. The Labute approximate surface area is 149 Å². The van der Waals surface area contributed by atoms with Crippen LogP contribution in [0.3, 0.4) is 0 Å². The summed E-state index contributed by atoms with van der Waals surface area (Å²) in [5, 5.41) is 1.83. The van der Waals surface area contributed by atoms with Crippen LogP contribution in [0.15, 0.2) is 34.4 Å². The number of aryl methyl sites for hydroxylation is 1. The Balaban J connectivity index is 1.50. The number of imidazole rings is 1. The van der Waals surface area contributed by atoms with Crippen LogP contribution in [0.5, 0.6) is 0 Å². The Morgan fingerprint density at radius 2 is 2.24 bits per heavy atom. The number of aromatic amines is 1. The molecule has 6 nitrogen and oxygen atoms in total. The standard InChI is InChI=1S/C18H20N4O2S/c1-12-11-25-18(24)21(12)10-8-16(23)22-9-4-7-15(22)17-19-13-5-2-3-6-14(13)20-17/h2-3,5-6,11,15H,4,7-10H2,1H3,(H,19,20)/t15-/m1/s1. The third kappa shape index (κ3) is 3.00. The van der Waals surface area contributed by atoms with E-state index in [1.54, 1.807) is 4.57 Å². The van der Waals surface area contributed by atoms with Crippen molar-refractivity contribution in [1.29, 1.82) is 0 Å². The van der Waals surface area contributed by atoms with Crippen molar-refractivity contribution in [2.75, 3.05) is 6.54 Å². The van der Waals surface area contributed by atoms with Gasteiger partial charge in [-0.25, -0.2) is 4.98 Å². The summed E-state index contributed by atoms with van der Waals surface area (Å²) in [7, 11) is 0. The fourth-order valence-electron chi connectivity index (χ4n) is 3.51. The van der Waals surface area contributed by atoms with Gasteiger partial charge < -0.3 is 14.5 Å². The van der Waals surface area contributed by atoms with Crippen molar-refractivity contribution in [3.05, 3.63) is 50.8 Å². The molecule has 0 radical (unpaired) electrons. The van der Waals surface area contributed by atoms with E-state index in [9.17, 15) is 9.59 Å². The van der Waals surface area contributed by atoms with E-state index in [4.69, 9.17) is 0 Å². The van der Waals surface area contributed by atoms with Gasteiger partial charge >= 0.3 is 4.87 Å². The Kier molecular flexibility index (Phi) is 4.17. The van der Waals surface area contributed by atoms with E-state index in [-0.39, 0.29) is 16.8 Å². The zero-order valence-electron chi connectivity index (χ0n) is 14.1. The maximum atomic E-state index is 12.7. The maximum Gasteiger partial charge on any atom is 0.307 e. The van der Waals surface area contributed by atoms with Crippen LogP contribution in [-0.4, -0.2) is 31.9 Å². The van der Waals surface area contributed by atoms with Gasteiger partial charge in [-0.1, -0.05) is 23.5 Å². The van der Waals surface area contributed by atoms with Crippen LogP contribution < -0.4 is 4.87 Å². The maximum absolute atomic E-state index is 12.7. The molecule has 1 aliphatic rings. The monoisotopic (exact) mass is 356 g/mol. The number of fused-ring (bicyclic) bond motifs is 1. The number of rotatable bonds is 4. The van der Waals surface area contributed by atoms with Gasteiger partial charge in [-0.15, -0.1) is 0 Å². The lowest BCUT2D eigenvalue weighted by atomic mass is 10.2. The van der Waals surface area contributed by atoms with Gasteiger partial charge in [0.2, 0.25) is 5.91 Å². The molecule has 0 saturated carbocycles. The predicted octanol–water partition coefficient (Wildman–Crippen LogP) is 2.85. The van der Waals surface area contributed by atoms with Gasteiger partial charge in [-0.2, -0.15) is 0 Å².